The second-order valence-electron chi connectivity index (χ2n) is 12.3. The molecule has 0 bridgehead atoms. The summed E-state index contributed by atoms with van der Waals surface area (Å²) in [6.07, 6.45) is 1.01. The van der Waals surface area contributed by atoms with Crippen molar-refractivity contribution in [2.75, 3.05) is 0 Å². The van der Waals surface area contributed by atoms with Crippen molar-refractivity contribution in [1.29, 1.82) is 5.26 Å². The number of hydrogen-bond acceptors (Lipinski definition) is 4. The van der Waals surface area contributed by atoms with Gasteiger partial charge in [-0.2, -0.15) is 5.26 Å². The Balaban J connectivity index is 2.20. The first kappa shape index (κ1) is 27.3. The molecule has 3 rings (SSSR count). The van der Waals surface area contributed by atoms with E-state index in [1.165, 1.54) is 0 Å². The predicted octanol–water partition coefficient (Wildman–Crippen LogP) is 7.80. The van der Waals surface area contributed by atoms with Gasteiger partial charge >= 0.3 is 0 Å². The van der Waals surface area contributed by atoms with Crippen LogP contribution in [0.4, 0.5) is 0 Å². The van der Waals surface area contributed by atoms with Gasteiger partial charge in [-0.15, -0.1) is 0 Å². The van der Waals surface area contributed by atoms with Gasteiger partial charge in [-0.05, 0) is 82.6 Å². The fourth-order valence-electron chi connectivity index (χ4n) is 4.48. The maximum Gasteiger partial charge on any atom is 0.192 e. The van der Waals surface area contributed by atoms with Crippen LogP contribution < -0.4 is 0 Å². The van der Waals surface area contributed by atoms with Crippen molar-refractivity contribution < 1.29 is 9.53 Å². The van der Waals surface area contributed by atoms with Gasteiger partial charge in [0.25, 0.3) is 0 Å². The molecule has 0 radical (unpaired) electrons. The van der Waals surface area contributed by atoms with Crippen LogP contribution in [0, 0.1) is 20.3 Å². The Bertz CT molecular complexity index is 1100. The van der Waals surface area contributed by atoms with Crippen molar-refractivity contribution in [2.45, 2.75) is 97.6 Å². The highest BCUT2D eigenvalue weighted by Gasteiger charge is 2.44. The summed E-state index contributed by atoms with van der Waals surface area (Å²) in [7, 11) is -2.02. The lowest BCUT2D eigenvalue weighted by Crippen LogP contribution is -2.44. The fourth-order valence-corrected chi connectivity index (χ4v) is 6.98. The molecule has 0 amide bonds. The van der Waals surface area contributed by atoms with Crippen molar-refractivity contribution in [3.63, 3.8) is 0 Å². The molecule has 0 aliphatic heterocycles. The number of benzene rings is 1. The Morgan fingerprint density at radius 3 is 2.29 bits per heavy atom. The van der Waals surface area contributed by atoms with Gasteiger partial charge < -0.3 is 9.53 Å². The van der Waals surface area contributed by atoms with E-state index in [-0.39, 0.29) is 22.5 Å². The van der Waals surface area contributed by atoms with Crippen LogP contribution in [0.25, 0.3) is 0 Å². The van der Waals surface area contributed by atoms with Crippen LogP contribution in [0.1, 0.15) is 107 Å². The van der Waals surface area contributed by atoms with E-state index in [2.05, 4.69) is 90.2 Å². The summed E-state index contributed by atoms with van der Waals surface area (Å²) in [6.45, 7) is 20.3. The molecule has 0 saturated heterocycles. The minimum Gasteiger partial charge on any atom is -0.410 e. The van der Waals surface area contributed by atoms with Gasteiger partial charge in [-0.1, -0.05) is 60.6 Å². The Hall–Kier alpha value is -1.27. The van der Waals surface area contributed by atoms with Gasteiger partial charge in [0.1, 0.15) is 6.10 Å². The standard InChI is InChI=1S/C28H39IN2O2Si/c1-17(2)25-23(26(32)19-12-10-18(16-30)11-13-19)24(29)22-20(31-25)14-28(6,7)15-21(22)33-34(8,9)27(3,4)5/h10-13,17,21,26,32H,14-15H2,1-9H3. The Labute approximate surface area is 220 Å². The number of nitrogens with zero attached hydrogens (tertiary/aromatic N) is 2. The van der Waals surface area contributed by atoms with Crippen molar-refractivity contribution in [1.82, 2.24) is 4.98 Å². The van der Waals surface area contributed by atoms with Crippen LogP contribution >= 0.6 is 22.6 Å². The van der Waals surface area contributed by atoms with Crippen molar-refractivity contribution in [3.8, 4) is 6.07 Å². The summed E-state index contributed by atoms with van der Waals surface area (Å²) in [5.74, 6) is 0.173. The molecule has 0 fully saturated rings. The number of pyridine rings is 1. The number of nitriles is 1. The first-order chi connectivity index (χ1) is 15.6. The molecule has 1 aliphatic rings. The molecule has 2 unspecified atom stereocenters. The molecule has 2 aromatic rings. The third kappa shape index (κ3) is 5.43. The molecule has 6 heteroatoms. The highest BCUT2D eigenvalue weighted by molar-refractivity contribution is 14.1. The molecular formula is C28H39IN2O2Si. The normalized spacial score (nSPS) is 19.0. The first-order valence-corrected chi connectivity index (χ1v) is 16.1. The van der Waals surface area contributed by atoms with Gasteiger partial charge in [-0.3, -0.25) is 4.98 Å². The zero-order chi connectivity index (χ0) is 25.6. The van der Waals surface area contributed by atoms with Crippen molar-refractivity contribution in [3.05, 3.63) is 61.5 Å². The number of rotatable bonds is 5. The van der Waals surface area contributed by atoms with Crippen molar-refractivity contribution in [2.24, 2.45) is 5.41 Å². The quantitative estimate of drug-likeness (QED) is 0.285. The summed E-state index contributed by atoms with van der Waals surface area (Å²) < 4.78 is 8.11. The lowest BCUT2D eigenvalue weighted by atomic mass is 9.74. The molecule has 184 valence electrons. The van der Waals surface area contributed by atoms with Gasteiger partial charge in [0.2, 0.25) is 0 Å². The second kappa shape index (κ2) is 9.65. The maximum absolute atomic E-state index is 11.6. The summed E-state index contributed by atoms with van der Waals surface area (Å²) in [4.78, 5) is 5.21. The highest BCUT2D eigenvalue weighted by atomic mass is 127. The Kier molecular flexibility index (Phi) is 7.75. The molecule has 2 atom stereocenters. The summed E-state index contributed by atoms with van der Waals surface area (Å²) >= 11 is 2.42. The van der Waals surface area contributed by atoms with Crippen LogP contribution in [-0.4, -0.2) is 18.4 Å². The van der Waals surface area contributed by atoms with E-state index in [4.69, 9.17) is 14.7 Å². The van der Waals surface area contributed by atoms with E-state index >= 15 is 0 Å². The number of fused-ring (bicyclic) bond motifs is 1. The number of hydrogen-bond donors (Lipinski definition) is 1. The van der Waals surface area contributed by atoms with Crippen molar-refractivity contribution >= 4 is 30.9 Å². The largest absolute Gasteiger partial charge is 0.410 e. The molecule has 1 aromatic carbocycles. The third-order valence-electron chi connectivity index (χ3n) is 7.44. The lowest BCUT2D eigenvalue weighted by Gasteiger charge is -2.44. The third-order valence-corrected chi connectivity index (χ3v) is 13.1. The van der Waals surface area contributed by atoms with Gasteiger partial charge in [-0.25, -0.2) is 0 Å². The zero-order valence-electron chi connectivity index (χ0n) is 22.1. The van der Waals surface area contributed by atoms with Gasteiger partial charge in [0.05, 0.1) is 23.4 Å². The highest BCUT2D eigenvalue weighted by Crippen LogP contribution is 2.50. The van der Waals surface area contributed by atoms with Gasteiger partial charge in [0.15, 0.2) is 8.32 Å². The SMILES string of the molecule is CC(C)c1nc2c(c(I)c1C(O)c1ccc(C#N)cc1)C(O[Si](C)(C)C(C)(C)C)CC(C)(C)C2. The zero-order valence-corrected chi connectivity index (χ0v) is 25.2. The summed E-state index contributed by atoms with van der Waals surface area (Å²) in [5, 5.41) is 20.8. The van der Waals surface area contributed by atoms with Crippen LogP contribution in [0.2, 0.25) is 18.1 Å². The molecule has 34 heavy (non-hydrogen) atoms. The first-order valence-electron chi connectivity index (χ1n) is 12.2. The van der Waals surface area contributed by atoms with E-state index in [0.29, 0.717) is 5.56 Å². The second-order valence-corrected chi connectivity index (χ2v) is 18.1. The van der Waals surface area contributed by atoms with Crippen LogP contribution in [0.5, 0.6) is 0 Å². The Morgan fingerprint density at radius 1 is 1.21 bits per heavy atom. The number of aliphatic hydroxyl groups excluding tert-OH is 1. The van der Waals surface area contributed by atoms with E-state index in [1.807, 2.05) is 12.1 Å². The fraction of sp³-hybridized carbons (Fsp3) is 0.571. The molecule has 4 nitrogen and oxygen atoms in total. The molecule has 0 saturated carbocycles. The summed E-state index contributed by atoms with van der Waals surface area (Å²) in [5.41, 5.74) is 5.56. The average molecular weight is 591 g/mol. The average Bonchev–Trinajstić information content (AvgIpc) is 2.70. The number of halogens is 1. The van der Waals surface area contributed by atoms with Gasteiger partial charge in [0, 0.05) is 20.4 Å². The molecule has 0 spiro atoms. The monoisotopic (exact) mass is 590 g/mol. The molecule has 1 heterocycles. The van der Waals surface area contributed by atoms with E-state index in [0.717, 1.165) is 44.5 Å². The lowest BCUT2D eigenvalue weighted by molar-refractivity contribution is 0.104. The summed E-state index contributed by atoms with van der Waals surface area (Å²) in [6, 6.07) is 9.36. The number of aromatic nitrogens is 1. The minimum absolute atomic E-state index is 0.0350. The van der Waals surface area contributed by atoms with Crippen LogP contribution in [-0.2, 0) is 10.8 Å². The molecular weight excluding hydrogens is 551 g/mol. The van der Waals surface area contributed by atoms with E-state index in [1.54, 1.807) is 12.1 Å². The van der Waals surface area contributed by atoms with Crippen LogP contribution in [0.3, 0.4) is 0 Å². The minimum atomic E-state index is -2.02. The molecule has 1 N–H and O–H groups in total. The predicted molar refractivity (Wildman–Crippen MR) is 149 cm³/mol. The molecule has 1 aromatic heterocycles. The van der Waals surface area contributed by atoms with E-state index in [9.17, 15) is 5.11 Å². The molecule has 1 aliphatic carbocycles. The van der Waals surface area contributed by atoms with Crippen LogP contribution in [0.15, 0.2) is 24.3 Å². The number of aliphatic hydroxyl groups is 1. The Morgan fingerprint density at radius 2 is 1.79 bits per heavy atom. The van der Waals surface area contributed by atoms with E-state index < -0.39 is 14.4 Å². The topological polar surface area (TPSA) is 66.1 Å². The smallest absolute Gasteiger partial charge is 0.192 e. The maximum atomic E-state index is 11.6.